The average Bonchev–Trinajstić information content (AvgIpc) is 2.61. The lowest BCUT2D eigenvalue weighted by Gasteiger charge is -2.33. The summed E-state index contributed by atoms with van der Waals surface area (Å²) >= 11 is 0. The molecule has 0 aliphatic heterocycles. The van der Waals surface area contributed by atoms with E-state index in [-0.39, 0.29) is 39.5 Å². The van der Waals surface area contributed by atoms with Gasteiger partial charge in [0.1, 0.15) is 26.4 Å². The summed E-state index contributed by atoms with van der Waals surface area (Å²) in [4.78, 5) is 34.4. The Morgan fingerprint density at radius 3 is 1.97 bits per heavy atom. The summed E-state index contributed by atoms with van der Waals surface area (Å²) in [6, 6.07) is 0. The number of aliphatic hydroxyl groups is 1. The zero-order valence-corrected chi connectivity index (χ0v) is 20.2. The van der Waals surface area contributed by atoms with Crippen LogP contribution >= 0.6 is 7.82 Å². The van der Waals surface area contributed by atoms with Gasteiger partial charge in [0, 0.05) is 0 Å². The van der Waals surface area contributed by atoms with E-state index in [2.05, 4.69) is 0 Å². The summed E-state index contributed by atoms with van der Waals surface area (Å²) in [6.45, 7) is 6.46. The van der Waals surface area contributed by atoms with Crippen LogP contribution in [0.4, 0.5) is 0 Å². The number of likely N-dealkylation sites (N-methyl/N-ethyl adjacent to an activating group) is 1. The second-order valence-corrected chi connectivity index (χ2v) is 10.6. The van der Waals surface area contributed by atoms with Crippen LogP contribution in [0.2, 0.25) is 0 Å². The quantitative estimate of drug-likeness (QED) is 0.164. The molecule has 2 atom stereocenters. The van der Waals surface area contributed by atoms with Gasteiger partial charge < -0.3 is 24.0 Å². The molecule has 0 fully saturated rings. The Morgan fingerprint density at radius 1 is 0.933 bits per heavy atom. The van der Waals surface area contributed by atoms with E-state index in [1.807, 2.05) is 21.1 Å². The molecule has 0 aromatic heterocycles. The number of carbonyl (C=O) groups excluding carboxylic acids is 2. The highest BCUT2D eigenvalue weighted by atomic mass is 31.2. The van der Waals surface area contributed by atoms with Gasteiger partial charge in [-0.1, -0.05) is 6.92 Å². The number of nitrogens with zero attached hydrogens (tertiary/aromatic N) is 1. The SMILES string of the molecule is CCC(C)(CC(C)(C)C(=O)OCCO)C(=O)OCCOP(=O)(O)OCC[N+](C)(C)C. The number of hydrogen-bond acceptors (Lipinski definition) is 8. The molecule has 30 heavy (non-hydrogen) atoms. The van der Waals surface area contributed by atoms with Crippen molar-refractivity contribution < 1.29 is 47.2 Å². The minimum absolute atomic E-state index is 0.0481. The molecular formula is C19H39NO9P+. The van der Waals surface area contributed by atoms with Gasteiger partial charge in [-0.15, -0.1) is 0 Å². The van der Waals surface area contributed by atoms with Crippen LogP contribution in [0.25, 0.3) is 0 Å². The van der Waals surface area contributed by atoms with E-state index >= 15 is 0 Å². The first-order chi connectivity index (χ1) is 13.6. The predicted octanol–water partition coefficient (Wildman–Crippen LogP) is 1.74. The molecule has 0 aromatic carbocycles. The Balaban J connectivity index is 4.61. The Morgan fingerprint density at radius 2 is 1.47 bits per heavy atom. The fraction of sp³-hybridized carbons (Fsp3) is 0.895. The van der Waals surface area contributed by atoms with Crippen molar-refractivity contribution in [2.24, 2.45) is 10.8 Å². The van der Waals surface area contributed by atoms with Gasteiger partial charge in [0.15, 0.2) is 0 Å². The lowest BCUT2D eigenvalue weighted by Crippen LogP contribution is -2.39. The molecule has 2 unspecified atom stereocenters. The fourth-order valence-corrected chi connectivity index (χ4v) is 3.34. The van der Waals surface area contributed by atoms with Crippen molar-refractivity contribution in [3.63, 3.8) is 0 Å². The van der Waals surface area contributed by atoms with Crippen LogP contribution in [0.15, 0.2) is 0 Å². The molecule has 0 spiro atoms. The van der Waals surface area contributed by atoms with Crippen LogP contribution in [0, 0.1) is 10.8 Å². The van der Waals surface area contributed by atoms with Crippen LogP contribution in [0.5, 0.6) is 0 Å². The van der Waals surface area contributed by atoms with Crippen LogP contribution in [0.1, 0.15) is 40.5 Å². The van der Waals surface area contributed by atoms with Crippen molar-refractivity contribution in [2.75, 3.05) is 60.7 Å². The van der Waals surface area contributed by atoms with Crippen LogP contribution < -0.4 is 0 Å². The summed E-state index contributed by atoms with van der Waals surface area (Å²) in [7, 11) is 1.54. The topological polar surface area (TPSA) is 129 Å². The van der Waals surface area contributed by atoms with E-state index in [4.69, 9.17) is 23.6 Å². The smallest absolute Gasteiger partial charge is 0.463 e. The number of aliphatic hydroxyl groups excluding tert-OH is 1. The zero-order valence-electron chi connectivity index (χ0n) is 19.3. The van der Waals surface area contributed by atoms with Gasteiger partial charge in [0.05, 0.1) is 45.2 Å². The number of carbonyl (C=O) groups is 2. The van der Waals surface area contributed by atoms with Crippen molar-refractivity contribution in [1.29, 1.82) is 0 Å². The standard InChI is InChI=1S/C19H38NO9P/c1-8-19(4,15-18(2,3)16(22)26-12-10-21)17(23)27-13-14-29-30(24,25)28-11-9-20(5,6)7/h21H,8-15H2,1-7H3/p+1. The van der Waals surface area contributed by atoms with Gasteiger partial charge in [-0.25, -0.2) is 4.57 Å². The van der Waals surface area contributed by atoms with Crippen LogP contribution in [-0.2, 0) is 32.7 Å². The third-order valence-corrected chi connectivity index (χ3v) is 5.59. The first-order valence-electron chi connectivity index (χ1n) is 9.96. The summed E-state index contributed by atoms with van der Waals surface area (Å²) in [5.41, 5.74) is -1.93. The first kappa shape index (κ1) is 29.0. The van der Waals surface area contributed by atoms with Gasteiger partial charge in [-0.05, 0) is 33.6 Å². The second kappa shape index (κ2) is 12.1. The van der Waals surface area contributed by atoms with Gasteiger partial charge >= 0.3 is 19.8 Å². The molecule has 0 saturated heterocycles. The molecular weight excluding hydrogens is 417 g/mol. The van der Waals surface area contributed by atoms with Crippen molar-refractivity contribution in [3.8, 4) is 0 Å². The summed E-state index contributed by atoms with van der Waals surface area (Å²) in [5.74, 6) is -1.06. The Hall–Kier alpha value is -1.03. The summed E-state index contributed by atoms with van der Waals surface area (Å²) in [6.07, 6.45) is 0.586. The third-order valence-electron chi connectivity index (χ3n) is 4.57. The molecule has 0 aliphatic carbocycles. The van der Waals surface area contributed by atoms with Crippen LogP contribution in [0.3, 0.4) is 0 Å². The van der Waals surface area contributed by atoms with E-state index in [9.17, 15) is 19.0 Å². The monoisotopic (exact) mass is 456 g/mol. The van der Waals surface area contributed by atoms with Gasteiger partial charge in [0.25, 0.3) is 0 Å². The predicted molar refractivity (Wildman–Crippen MR) is 110 cm³/mol. The summed E-state index contributed by atoms with van der Waals surface area (Å²) in [5, 5.41) is 8.80. The minimum Gasteiger partial charge on any atom is -0.463 e. The maximum Gasteiger partial charge on any atom is 0.472 e. The molecule has 0 rings (SSSR count). The molecule has 178 valence electrons. The number of hydrogen-bond donors (Lipinski definition) is 2. The Kier molecular flexibility index (Phi) is 11.7. The maximum atomic E-state index is 12.6. The molecule has 10 nitrogen and oxygen atoms in total. The normalized spacial score (nSPS) is 16.4. The average molecular weight is 456 g/mol. The van der Waals surface area contributed by atoms with Gasteiger partial charge in [-0.3, -0.25) is 18.6 Å². The van der Waals surface area contributed by atoms with E-state index < -0.39 is 30.6 Å². The van der Waals surface area contributed by atoms with Gasteiger partial charge in [-0.2, -0.15) is 0 Å². The molecule has 0 aromatic rings. The lowest BCUT2D eigenvalue weighted by atomic mass is 9.72. The minimum atomic E-state index is -4.23. The number of phosphoric acid groups is 1. The van der Waals surface area contributed by atoms with Crippen molar-refractivity contribution in [2.45, 2.75) is 40.5 Å². The van der Waals surface area contributed by atoms with Crippen molar-refractivity contribution >= 4 is 19.8 Å². The third kappa shape index (κ3) is 11.4. The molecule has 0 radical (unpaired) electrons. The number of rotatable bonds is 15. The van der Waals surface area contributed by atoms with E-state index in [0.29, 0.717) is 17.4 Å². The molecule has 0 amide bonds. The van der Waals surface area contributed by atoms with Gasteiger partial charge in [0.2, 0.25) is 0 Å². The van der Waals surface area contributed by atoms with E-state index in [1.54, 1.807) is 27.7 Å². The molecule has 0 saturated carbocycles. The zero-order chi connectivity index (χ0) is 23.6. The number of quaternary nitrogens is 1. The molecule has 2 N–H and O–H groups in total. The fourth-order valence-electron chi connectivity index (χ4n) is 2.65. The van der Waals surface area contributed by atoms with E-state index in [1.165, 1.54) is 0 Å². The Labute approximate surface area is 179 Å². The second-order valence-electron chi connectivity index (χ2n) is 9.12. The summed E-state index contributed by atoms with van der Waals surface area (Å²) < 4.78 is 32.3. The van der Waals surface area contributed by atoms with Crippen molar-refractivity contribution in [3.05, 3.63) is 0 Å². The highest BCUT2D eigenvalue weighted by molar-refractivity contribution is 7.47. The van der Waals surface area contributed by atoms with E-state index in [0.717, 1.165) is 0 Å². The maximum absolute atomic E-state index is 12.6. The molecule has 0 heterocycles. The van der Waals surface area contributed by atoms with Crippen LogP contribution in [-0.4, -0.2) is 87.1 Å². The number of esters is 2. The Bertz CT molecular complexity index is 603. The molecule has 0 bridgehead atoms. The highest BCUT2D eigenvalue weighted by Crippen LogP contribution is 2.43. The highest BCUT2D eigenvalue weighted by Gasteiger charge is 2.43. The van der Waals surface area contributed by atoms with Crippen molar-refractivity contribution in [1.82, 2.24) is 0 Å². The number of ether oxygens (including phenoxy) is 2. The number of phosphoric ester groups is 1. The lowest BCUT2D eigenvalue weighted by molar-refractivity contribution is -0.870. The first-order valence-corrected chi connectivity index (χ1v) is 11.5. The molecule has 0 aliphatic rings. The largest absolute Gasteiger partial charge is 0.472 e. The molecule has 11 heteroatoms.